The van der Waals surface area contributed by atoms with Crippen molar-refractivity contribution in [3.63, 3.8) is 0 Å². The van der Waals surface area contributed by atoms with E-state index in [2.05, 4.69) is 0 Å². The highest BCUT2D eigenvalue weighted by Gasteiger charge is 2.03. The van der Waals surface area contributed by atoms with Gasteiger partial charge in [-0.1, -0.05) is 85.6 Å². The van der Waals surface area contributed by atoms with Gasteiger partial charge < -0.3 is 20.4 Å². The first-order valence-electron chi connectivity index (χ1n) is 12.6. The van der Waals surface area contributed by atoms with Gasteiger partial charge in [-0.3, -0.25) is 0 Å². The number of aryl methyl sites for hydroxylation is 3. The Bertz CT molecular complexity index is 1380. The molecule has 0 unspecified atom stereocenters. The standard InChI is InChI=1S/3C8H8O2.C7H6O2.C2H6/c1-6-2-4-7(5-3-6)8(9)10;1-6-3-2-4-7(5-6)8(9)10;1-6-4-2-3-5-7(6)8(9)10;8-7(9)6-4-2-1-3-5-6;1-2/h3*2-5H,1H3,(H,9,10);1-5H,(H,8,9);1-2H3. The van der Waals surface area contributed by atoms with Crippen LogP contribution in [-0.4, -0.2) is 44.3 Å². The first-order chi connectivity index (χ1) is 19.4. The van der Waals surface area contributed by atoms with E-state index < -0.39 is 23.9 Å². The number of benzene rings is 4. The molecule has 0 spiro atoms. The molecule has 0 aliphatic carbocycles. The maximum absolute atomic E-state index is 10.4. The fraction of sp³-hybridized carbons (Fsp3) is 0.152. The van der Waals surface area contributed by atoms with Crippen LogP contribution in [0.25, 0.3) is 0 Å². The van der Waals surface area contributed by atoms with Gasteiger partial charge in [0.2, 0.25) is 0 Å². The van der Waals surface area contributed by atoms with Crippen molar-refractivity contribution in [3.8, 4) is 0 Å². The minimum absolute atomic E-state index is 0.331. The largest absolute Gasteiger partial charge is 0.478 e. The highest BCUT2D eigenvalue weighted by atomic mass is 16.4. The molecule has 41 heavy (non-hydrogen) atoms. The molecule has 0 aliphatic rings. The van der Waals surface area contributed by atoms with Crippen LogP contribution in [0.3, 0.4) is 0 Å². The van der Waals surface area contributed by atoms with Crippen LogP contribution < -0.4 is 0 Å². The topological polar surface area (TPSA) is 149 Å². The Kier molecular flexibility index (Phi) is 17.2. The van der Waals surface area contributed by atoms with E-state index in [9.17, 15) is 19.2 Å². The summed E-state index contributed by atoms with van der Waals surface area (Å²) < 4.78 is 0. The molecule has 0 atom stereocenters. The molecule has 8 nitrogen and oxygen atoms in total. The monoisotopic (exact) mass is 560 g/mol. The first-order valence-corrected chi connectivity index (χ1v) is 12.6. The molecular weight excluding hydrogens is 524 g/mol. The number of hydrogen-bond donors (Lipinski definition) is 4. The third-order valence-electron chi connectivity index (χ3n) is 4.96. The van der Waals surface area contributed by atoms with Gasteiger partial charge in [0.05, 0.1) is 22.3 Å². The van der Waals surface area contributed by atoms with Crippen LogP contribution in [0.5, 0.6) is 0 Å². The zero-order valence-electron chi connectivity index (χ0n) is 23.7. The number of rotatable bonds is 4. The smallest absolute Gasteiger partial charge is 0.335 e. The highest BCUT2D eigenvalue weighted by Crippen LogP contribution is 2.06. The average Bonchev–Trinajstić information content (AvgIpc) is 2.96. The molecule has 4 aromatic rings. The van der Waals surface area contributed by atoms with Crippen molar-refractivity contribution in [3.05, 3.63) is 142 Å². The lowest BCUT2D eigenvalue weighted by Gasteiger charge is -1.96. The van der Waals surface area contributed by atoms with Gasteiger partial charge >= 0.3 is 23.9 Å². The summed E-state index contributed by atoms with van der Waals surface area (Å²) in [7, 11) is 0. The fourth-order valence-electron chi connectivity index (χ4n) is 2.87. The molecule has 216 valence electrons. The molecule has 0 aliphatic heterocycles. The van der Waals surface area contributed by atoms with Crippen LogP contribution in [0.1, 0.15) is 72.0 Å². The number of carboxylic acid groups (broad SMARTS) is 4. The van der Waals surface area contributed by atoms with Crippen LogP contribution in [-0.2, 0) is 0 Å². The minimum atomic E-state index is -0.879. The number of carboxylic acids is 4. The van der Waals surface area contributed by atoms with Crippen molar-refractivity contribution < 1.29 is 39.6 Å². The maximum atomic E-state index is 10.4. The van der Waals surface area contributed by atoms with Crippen molar-refractivity contribution in [2.45, 2.75) is 34.6 Å². The van der Waals surface area contributed by atoms with Crippen molar-refractivity contribution in [2.75, 3.05) is 0 Å². The zero-order chi connectivity index (χ0) is 31.4. The Hall–Kier alpha value is -5.24. The third-order valence-corrected chi connectivity index (χ3v) is 4.96. The van der Waals surface area contributed by atoms with E-state index in [0.717, 1.165) is 16.7 Å². The van der Waals surface area contributed by atoms with E-state index in [-0.39, 0.29) is 0 Å². The second-order valence-electron chi connectivity index (χ2n) is 8.14. The Morgan fingerprint density at radius 2 is 0.878 bits per heavy atom. The van der Waals surface area contributed by atoms with Gasteiger partial charge in [-0.05, 0) is 68.8 Å². The molecule has 0 aromatic heterocycles. The van der Waals surface area contributed by atoms with E-state index in [1.165, 1.54) is 0 Å². The van der Waals surface area contributed by atoms with Gasteiger partial charge in [0, 0.05) is 0 Å². The van der Waals surface area contributed by atoms with Crippen molar-refractivity contribution >= 4 is 23.9 Å². The summed E-state index contributed by atoms with van der Waals surface area (Å²) in [5.74, 6) is -3.49. The fourth-order valence-corrected chi connectivity index (χ4v) is 2.87. The summed E-state index contributed by atoms with van der Waals surface area (Å²) in [5.41, 5.74) is 4.24. The summed E-state index contributed by atoms with van der Waals surface area (Å²) in [6.07, 6.45) is 0. The van der Waals surface area contributed by atoms with Crippen molar-refractivity contribution in [1.82, 2.24) is 0 Å². The lowest BCUT2D eigenvalue weighted by molar-refractivity contribution is 0.0685. The van der Waals surface area contributed by atoms with Gasteiger partial charge in [-0.25, -0.2) is 19.2 Å². The Balaban J connectivity index is 0.000000510. The predicted molar refractivity (Wildman–Crippen MR) is 159 cm³/mol. The zero-order valence-corrected chi connectivity index (χ0v) is 23.7. The summed E-state index contributed by atoms with van der Waals surface area (Å²) in [5, 5.41) is 33.9. The molecule has 0 radical (unpaired) electrons. The van der Waals surface area contributed by atoms with Crippen LogP contribution in [0.2, 0.25) is 0 Å². The first kappa shape index (κ1) is 35.8. The summed E-state index contributed by atoms with van der Waals surface area (Å²) in [6, 6.07) is 28.8. The molecular formula is C33H36O8. The van der Waals surface area contributed by atoms with E-state index in [1.807, 2.05) is 39.8 Å². The Labute approximate surface area is 240 Å². The van der Waals surface area contributed by atoms with Gasteiger partial charge in [0.25, 0.3) is 0 Å². The normalized spacial score (nSPS) is 8.90. The molecule has 4 N–H and O–H groups in total. The van der Waals surface area contributed by atoms with Gasteiger partial charge in [0.15, 0.2) is 0 Å². The molecule has 0 amide bonds. The molecule has 0 heterocycles. The van der Waals surface area contributed by atoms with Gasteiger partial charge in [-0.2, -0.15) is 0 Å². The third kappa shape index (κ3) is 15.1. The number of carbonyl (C=O) groups is 4. The van der Waals surface area contributed by atoms with E-state index >= 15 is 0 Å². The summed E-state index contributed by atoms with van der Waals surface area (Å²) in [6.45, 7) is 9.57. The SMILES string of the molecule is CC.Cc1ccc(C(=O)O)cc1.Cc1cccc(C(=O)O)c1.Cc1ccccc1C(=O)O.O=C(O)c1ccccc1. The van der Waals surface area contributed by atoms with Crippen molar-refractivity contribution in [2.24, 2.45) is 0 Å². The average molecular weight is 561 g/mol. The second kappa shape index (κ2) is 19.8. The van der Waals surface area contributed by atoms with E-state index in [4.69, 9.17) is 20.4 Å². The second-order valence-corrected chi connectivity index (χ2v) is 8.14. The van der Waals surface area contributed by atoms with Crippen LogP contribution >= 0.6 is 0 Å². The number of aromatic carboxylic acids is 4. The van der Waals surface area contributed by atoms with Gasteiger partial charge in [0.1, 0.15) is 0 Å². The Morgan fingerprint density at radius 1 is 0.439 bits per heavy atom. The summed E-state index contributed by atoms with van der Waals surface area (Å²) in [4.78, 5) is 41.3. The number of hydrogen-bond acceptors (Lipinski definition) is 4. The quantitative estimate of drug-likeness (QED) is 0.200. The molecule has 4 rings (SSSR count). The van der Waals surface area contributed by atoms with Gasteiger partial charge in [-0.15, -0.1) is 0 Å². The molecule has 0 bridgehead atoms. The molecule has 4 aromatic carbocycles. The van der Waals surface area contributed by atoms with Crippen LogP contribution in [0.4, 0.5) is 0 Å². The lowest BCUT2D eigenvalue weighted by atomic mass is 10.1. The summed E-state index contributed by atoms with van der Waals surface area (Å²) >= 11 is 0. The van der Waals surface area contributed by atoms with E-state index in [1.54, 1.807) is 97.9 Å². The van der Waals surface area contributed by atoms with Crippen LogP contribution in [0, 0.1) is 20.8 Å². The molecule has 0 fully saturated rings. The predicted octanol–water partition coefficient (Wildman–Crippen LogP) is 7.49. The molecule has 8 heteroatoms. The van der Waals surface area contributed by atoms with E-state index in [0.29, 0.717) is 22.3 Å². The minimum Gasteiger partial charge on any atom is -0.478 e. The van der Waals surface area contributed by atoms with Crippen LogP contribution in [0.15, 0.2) is 103 Å². The van der Waals surface area contributed by atoms with Crippen molar-refractivity contribution in [1.29, 1.82) is 0 Å². The molecule has 0 saturated heterocycles. The maximum Gasteiger partial charge on any atom is 0.335 e. The molecule has 0 saturated carbocycles. The highest BCUT2D eigenvalue weighted by molar-refractivity contribution is 5.89. The Morgan fingerprint density at radius 3 is 1.24 bits per heavy atom. The lowest BCUT2D eigenvalue weighted by Crippen LogP contribution is -1.97.